The first-order valence-electron chi connectivity index (χ1n) is 10.9. The van der Waals surface area contributed by atoms with Crippen LogP contribution in [0.3, 0.4) is 0 Å². The maximum atomic E-state index is 13.9. The zero-order valence-corrected chi connectivity index (χ0v) is 19.1. The fourth-order valence-electron chi connectivity index (χ4n) is 3.84. The van der Waals surface area contributed by atoms with Crippen molar-refractivity contribution in [1.29, 1.82) is 0 Å². The third-order valence-electron chi connectivity index (χ3n) is 5.69. The van der Waals surface area contributed by atoms with E-state index in [0.717, 1.165) is 11.6 Å². The summed E-state index contributed by atoms with van der Waals surface area (Å²) in [6.45, 7) is 1.13. The van der Waals surface area contributed by atoms with Gasteiger partial charge in [-0.1, -0.05) is 59.8 Å². The maximum absolute atomic E-state index is 13.9. The number of aliphatic carboxylic acids is 1. The Morgan fingerprint density at radius 2 is 1.72 bits per heavy atom. The van der Waals surface area contributed by atoms with Gasteiger partial charge in [-0.05, 0) is 41.3 Å². The van der Waals surface area contributed by atoms with Crippen LogP contribution in [0, 0.1) is 6.92 Å². The number of carbonyl (C=O) groups is 1. The summed E-state index contributed by atoms with van der Waals surface area (Å²) in [6, 6.07) is 16.8. The van der Waals surface area contributed by atoms with Crippen molar-refractivity contribution in [2.45, 2.75) is 19.1 Å². The van der Waals surface area contributed by atoms with Crippen molar-refractivity contribution < 1.29 is 32.7 Å². The van der Waals surface area contributed by atoms with Crippen LogP contribution in [-0.4, -0.2) is 39.5 Å². The molecule has 0 spiro atoms. The minimum absolute atomic E-state index is 0.0627. The van der Waals surface area contributed by atoms with Crippen LogP contribution in [-0.2, 0) is 11.0 Å². The van der Waals surface area contributed by atoms with E-state index in [1.165, 1.54) is 12.1 Å². The zero-order chi connectivity index (χ0) is 25.9. The van der Waals surface area contributed by atoms with Crippen molar-refractivity contribution in [3.63, 3.8) is 0 Å². The number of nitrogens with one attached hydrogen (secondary N) is 1. The van der Waals surface area contributed by atoms with Gasteiger partial charge in [0.05, 0.1) is 24.8 Å². The Labute approximate surface area is 204 Å². The largest absolute Gasteiger partial charge is 0.480 e. The molecule has 0 aliphatic rings. The summed E-state index contributed by atoms with van der Waals surface area (Å²) < 4.78 is 47.1. The zero-order valence-electron chi connectivity index (χ0n) is 19.1. The van der Waals surface area contributed by atoms with E-state index >= 15 is 0 Å². The predicted octanol–water partition coefficient (Wildman–Crippen LogP) is 5.11. The van der Waals surface area contributed by atoms with Crippen LogP contribution < -0.4 is 5.32 Å². The Morgan fingerprint density at radius 1 is 1.03 bits per heavy atom. The molecule has 4 rings (SSSR count). The van der Waals surface area contributed by atoms with Gasteiger partial charge in [-0.2, -0.15) is 18.2 Å². The molecule has 3 aromatic carbocycles. The van der Waals surface area contributed by atoms with E-state index in [-0.39, 0.29) is 36.0 Å². The van der Waals surface area contributed by atoms with Crippen LogP contribution in [0.15, 0.2) is 71.3 Å². The summed E-state index contributed by atoms with van der Waals surface area (Å²) in [6.07, 6.45) is -4.59. The molecular weight excluding hydrogens is 475 g/mol. The smallest absolute Gasteiger partial charge is 0.417 e. The molecule has 36 heavy (non-hydrogen) atoms. The second kappa shape index (κ2) is 10.3. The second-order valence-corrected chi connectivity index (χ2v) is 8.13. The molecule has 4 aromatic rings. The topological polar surface area (TPSA) is 108 Å². The highest BCUT2D eigenvalue weighted by Gasteiger charge is 2.34. The van der Waals surface area contributed by atoms with Crippen LogP contribution in [0.1, 0.15) is 22.7 Å². The number of nitrogens with zero attached hydrogens (tertiary/aromatic N) is 2. The molecule has 0 unspecified atom stereocenters. The fraction of sp³-hybridized carbons (Fsp3) is 0.192. The summed E-state index contributed by atoms with van der Waals surface area (Å²) >= 11 is 0. The van der Waals surface area contributed by atoms with Crippen molar-refractivity contribution in [1.82, 2.24) is 15.5 Å². The van der Waals surface area contributed by atoms with E-state index in [9.17, 15) is 23.1 Å². The number of carboxylic acid groups (broad SMARTS) is 1. The molecule has 0 aliphatic heterocycles. The van der Waals surface area contributed by atoms with Crippen LogP contribution in [0.2, 0.25) is 0 Å². The number of halogens is 3. The van der Waals surface area contributed by atoms with E-state index in [2.05, 4.69) is 15.5 Å². The third kappa shape index (κ3) is 5.45. The SMILES string of the molecule is Cc1ccccc1-c1ccc(-c2nc(-c3ccc([C@H](CO)NCC(=O)O)cc3)no2)cc1C(F)(F)F. The van der Waals surface area contributed by atoms with Gasteiger partial charge in [0.15, 0.2) is 0 Å². The molecule has 1 aromatic heterocycles. The van der Waals surface area contributed by atoms with Crippen LogP contribution in [0.5, 0.6) is 0 Å². The van der Waals surface area contributed by atoms with E-state index < -0.39 is 23.8 Å². The standard InChI is InChI=1S/C26H22F3N3O4/c1-15-4-2-3-5-19(15)20-11-10-18(12-21(20)26(27,28)29)25-31-24(32-36-25)17-8-6-16(7-9-17)22(14-33)30-13-23(34)35/h2-12,22,30,33H,13-14H2,1H3,(H,34,35)/t22-/m0/s1. The number of aryl methyl sites for hydroxylation is 1. The average molecular weight is 497 g/mol. The molecule has 186 valence electrons. The van der Waals surface area contributed by atoms with Crippen molar-refractivity contribution in [3.05, 3.63) is 83.4 Å². The number of aromatic nitrogens is 2. The Morgan fingerprint density at radius 3 is 2.36 bits per heavy atom. The number of hydrogen-bond donors (Lipinski definition) is 3. The number of aliphatic hydroxyl groups excluding tert-OH is 1. The Hall–Kier alpha value is -4.02. The molecule has 1 heterocycles. The quantitative estimate of drug-likeness (QED) is 0.311. The van der Waals surface area contributed by atoms with Crippen LogP contribution in [0.25, 0.3) is 34.0 Å². The Balaban J connectivity index is 1.62. The number of hydrogen-bond acceptors (Lipinski definition) is 6. The summed E-state index contributed by atoms with van der Waals surface area (Å²) in [5.41, 5.74) is 1.79. The lowest BCUT2D eigenvalue weighted by Gasteiger charge is -2.15. The molecule has 0 aliphatic carbocycles. The third-order valence-corrected chi connectivity index (χ3v) is 5.69. The summed E-state index contributed by atoms with van der Waals surface area (Å²) in [4.78, 5) is 15.0. The van der Waals surface area contributed by atoms with Gasteiger partial charge >= 0.3 is 12.1 Å². The molecular formula is C26H22F3N3O4. The molecule has 7 nitrogen and oxygen atoms in total. The van der Waals surface area contributed by atoms with Crippen LogP contribution in [0.4, 0.5) is 13.2 Å². The molecule has 10 heteroatoms. The van der Waals surface area contributed by atoms with Crippen molar-refractivity contribution in [2.24, 2.45) is 0 Å². The van der Waals surface area contributed by atoms with Gasteiger partial charge in [-0.15, -0.1) is 0 Å². The van der Waals surface area contributed by atoms with Crippen molar-refractivity contribution in [3.8, 4) is 34.0 Å². The second-order valence-electron chi connectivity index (χ2n) is 8.13. The Kier molecular flexibility index (Phi) is 7.18. The van der Waals surface area contributed by atoms with Crippen LogP contribution >= 0.6 is 0 Å². The minimum atomic E-state index is -4.59. The highest BCUT2D eigenvalue weighted by molar-refractivity contribution is 5.74. The van der Waals surface area contributed by atoms with E-state index in [0.29, 0.717) is 16.7 Å². The fourth-order valence-corrected chi connectivity index (χ4v) is 3.84. The first-order chi connectivity index (χ1) is 17.2. The van der Waals surface area contributed by atoms with E-state index in [1.54, 1.807) is 55.5 Å². The number of carboxylic acids is 1. The predicted molar refractivity (Wildman–Crippen MR) is 126 cm³/mol. The van der Waals surface area contributed by atoms with Crippen molar-refractivity contribution >= 4 is 5.97 Å². The highest BCUT2D eigenvalue weighted by atomic mass is 19.4. The van der Waals surface area contributed by atoms with Gasteiger partial charge in [0, 0.05) is 11.1 Å². The van der Waals surface area contributed by atoms with Gasteiger partial charge in [0.25, 0.3) is 5.89 Å². The summed E-state index contributed by atoms with van der Waals surface area (Å²) in [5, 5.41) is 24.9. The van der Waals surface area contributed by atoms with Gasteiger partial charge < -0.3 is 14.7 Å². The molecule has 0 saturated carbocycles. The van der Waals surface area contributed by atoms with Crippen molar-refractivity contribution in [2.75, 3.05) is 13.2 Å². The highest BCUT2D eigenvalue weighted by Crippen LogP contribution is 2.40. The van der Waals surface area contributed by atoms with Gasteiger partial charge in [-0.25, -0.2) is 0 Å². The molecule has 1 atom stereocenters. The number of benzene rings is 3. The number of rotatable bonds is 8. The lowest BCUT2D eigenvalue weighted by atomic mass is 9.94. The number of alkyl halides is 3. The number of aliphatic hydroxyl groups is 1. The first kappa shape index (κ1) is 25.1. The summed E-state index contributed by atoms with van der Waals surface area (Å²) in [7, 11) is 0. The maximum Gasteiger partial charge on any atom is 0.417 e. The van der Waals surface area contributed by atoms with Gasteiger partial charge in [0.2, 0.25) is 5.82 Å². The lowest BCUT2D eigenvalue weighted by Crippen LogP contribution is -2.29. The van der Waals surface area contributed by atoms with E-state index in [4.69, 9.17) is 9.63 Å². The minimum Gasteiger partial charge on any atom is -0.480 e. The molecule has 0 amide bonds. The van der Waals surface area contributed by atoms with Gasteiger partial charge in [-0.3, -0.25) is 10.1 Å². The lowest BCUT2D eigenvalue weighted by molar-refractivity contribution is -0.137. The average Bonchev–Trinajstić information content (AvgIpc) is 3.34. The summed E-state index contributed by atoms with van der Waals surface area (Å²) in [5.74, 6) is -0.940. The monoisotopic (exact) mass is 497 g/mol. The molecule has 3 N–H and O–H groups in total. The van der Waals surface area contributed by atoms with E-state index in [1.807, 2.05) is 0 Å². The molecule has 0 fully saturated rings. The molecule has 0 saturated heterocycles. The molecule has 0 bridgehead atoms. The first-order valence-corrected chi connectivity index (χ1v) is 10.9. The normalized spacial score (nSPS) is 12.5. The van der Waals surface area contributed by atoms with Gasteiger partial charge in [0.1, 0.15) is 0 Å². The molecule has 0 radical (unpaired) electrons. The Bertz CT molecular complexity index is 1370.